The summed E-state index contributed by atoms with van der Waals surface area (Å²) in [7, 11) is 0. The van der Waals surface area contributed by atoms with Crippen molar-refractivity contribution in [2.24, 2.45) is 10.9 Å². The molecule has 7 nitrogen and oxygen atoms in total. The van der Waals surface area contributed by atoms with E-state index >= 15 is 0 Å². The topological polar surface area (TPSA) is 90.3 Å². The van der Waals surface area contributed by atoms with Crippen LogP contribution >= 0.6 is 11.6 Å². The summed E-state index contributed by atoms with van der Waals surface area (Å²) in [6.45, 7) is 2.88. The van der Waals surface area contributed by atoms with Gasteiger partial charge in [-0.2, -0.15) is 0 Å². The fourth-order valence-electron chi connectivity index (χ4n) is 6.15. The number of fused-ring (bicyclic) bond motifs is 1. The molecule has 228 valence electrons. The summed E-state index contributed by atoms with van der Waals surface area (Å²) < 4.78 is 0. The molecule has 8 heteroatoms. The van der Waals surface area contributed by atoms with E-state index in [0.29, 0.717) is 53.5 Å². The molecular formula is C37H34ClN3O4. The number of piperidine rings is 1. The third-order valence-electron chi connectivity index (χ3n) is 8.67. The number of Topliss-reactive ketones (excluding diaryl/α,β-unsaturated/α-hetero) is 1. The first-order valence-corrected chi connectivity index (χ1v) is 15.6. The highest BCUT2D eigenvalue weighted by Crippen LogP contribution is 2.34. The van der Waals surface area contributed by atoms with Crippen LogP contribution in [0.25, 0.3) is 11.1 Å². The second kappa shape index (κ2) is 13.1. The van der Waals surface area contributed by atoms with Gasteiger partial charge in [0.25, 0.3) is 5.91 Å². The Labute approximate surface area is 267 Å². The number of carbonyl (C=O) groups excluding carboxylic acids is 3. The number of amides is 2. The number of aliphatic imine (C=N–C) groups is 1. The summed E-state index contributed by atoms with van der Waals surface area (Å²) in [5, 5.41) is 10.5. The second-order valence-corrected chi connectivity index (χ2v) is 12.1. The maximum atomic E-state index is 14.4. The summed E-state index contributed by atoms with van der Waals surface area (Å²) in [4.78, 5) is 48.3. The van der Waals surface area contributed by atoms with E-state index in [1.54, 1.807) is 53.1 Å². The number of hydrogen-bond donors (Lipinski definition) is 1. The van der Waals surface area contributed by atoms with Gasteiger partial charge in [0, 0.05) is 48.5 Å². The molecule has 1 atom stereocenters. The smallest absolute Gasteiger partial charge is 0.252 e. The summed E-state index contributed by atoms with van der Waals surface area (Å²) in [5.74, 6) is -0.415. The number of hydrogen-bond acceptors (Lipinski definition) is 5. The first-order valence-electron chi connectivity index (χ1n) is 15.2. The summed E-state index contributed by atoms with van der Waals surface area (Å²) in [5.41, 5.74) is 5.66. The first-order chi connectivity index (χ1) is 21.8. The number of aromatic hydroxyl groups is 1. The van der Waals surface area contributed by atoms with Gasteiger partial charge in [0.1, 0.15) is 17.6 Å². The zero-order chi connectivity index (χ0) is 31.5. The van der Waals surface area contributed by atoms with Crippen molar-refractivity contribution in [1.29, 1.82) is 0 Å². The van der Waals surface area contributed by atoms with E-state index in [4.69, 9.17) is 16.6 Å². The number of likely N-dealkylation sites (tertiary alicyclic amines) is 1. The minimum Gasteiger partial charge on any atom is -0.508 e. The van der Waals surface area contributed by atoms with Crippen LogP contribution in [0.4, 0.5) is 5.69 Å². The van der Waals surface area contributed by atoms with Gasteiger partial charge >= 0.3 is 0 Å². The van der Waals surface area contributed by atoms with Crippen LogP contribution < -0.4 is 4.90 Å². The molecule has 4 aromatic rings. The van der Waals surface area contributed by atoms with Crippen molar-refractivity contribution < 1.29 is 19.5 Å². The summed E-state index contributed by atoms with van der Waals surface area (Å²) >= 11 is 6.50. The zero-order valence-corrected chi connectivity index (χ0v) is 25.8. The van der Waals surface area contributed by atoms with Crippen LogP contribution in [0.5, 0.6) is 5.75 Å². The van der Waals surface area contributed by atoms with Crippen LogP contribution in [-0.2, 0) is 20.9 Å². The lowest BCUT2D eigenvalue weighted by atomic mass is 9.89. The van der Waals surface area contributed by atoms with E-state index in [9.17, 15) is 19.5 Å². The van der Waals surface area contributed by atoms with Gasteiger partial charge in [-0.05, 0) is 72.0 Å². The molecule has 2 aliphatic heterocycles. The number of phenols is 1. The summed E-state index contributed by atoms with van der Waals surface area (Å²) in [6.07, 6.45) is 1.10. The molecule has 4 aromatic carbocycles. The van der Waals surface area contributed by atoms with E-state index in [0.717, 1.165) is 16.7 Å². The highest BCUT2D eigenvalue weighted by atomic mass is 35.5. The average molecular weight is 620 g/mol. The molecule has 1 saturated heterocycles. The molecule has 2 aliphatic rings. The van der Waals surface area contributed by atoms with Gasteiger partial charge < -0.3 is 14.9 Å². The van der Waals surface area contributed by atoms with Crippen LogP contribution in [0.1, 0.15) is 42.9 Å². The lowest BCUT2D eigenvalue weighted by molar-refractivity contribution is -0.133. The number of halogens is 1. The average Bonchev–Trinajstić information content (AvgIpc) is 3.16. The third-order valence-corrected chi connectivity index (χ3v) is 8.91. The Kier molecular flexibility index (Phi) is 8.80. The van der Waals surface area contributed by atoms with Crippen LogP contribution in [-0.4, -0.2) is 52.4 Å². The van der Waals surface area contributed by atoms with Crippen molar-refractivity contribution in [2.45, 2.75) is 38.8 Å². The third kappa shape index (κ3) is 6.69. The van der Waals surface area contributed by atoms with Crippen LogP contribution in [0.15, 0.2) is 102 Å². The Balaban J connectivity index is 1.36. The summed E-state index contributed by atoms with van der Waals surface area (Å²) in [6, 6.07) is 29.3. The van der Waals surface area contributed by atoms with Crippen molar-refractivity contribution in [3.63, 3.8) is 0 Å². The molecule has 6 rings (SSSR count). The van der Waals surface area contributed by atoms with Crippen molar-refractivity contribution >= 4 is 40.6 Å². The van der Waals surface area contributed by atoms with Crippen LogP contribution in [0.3, 0.4) is 0 Å². The van der Waals surface area contributed by atoms with Gasteiger partial charge in [-0.25, -0.2) is 0 Å². The zero-order valence-electron chi connectivity index (χ0n) is 25.0. The van der Waals surface area contributed by atoms with E-state index in [1.165, 1.54) is 0 Å². The van der Waals surface area contributed by atoms with Gasteiger partial charge in [0.05, 0.1) is 17.9 Å². The lowest BCUT2D eigenvalue weighted by Crippen LogP contribution is -2.42. The Morgan fingerprint density at radius 2 is 1.51 bits per heavy atom. The number of ketones is 1. The molecule has 0 saturated carbocycles. The van der Waals surface area contributed by atoms with E-state index < -0.39 is 6.04 Å². The van der Waals surface area contributed by atoms with Crippen molar-refractivity contribution in [2.75, 3.05) is 18.0 Å². The molecule has 0 aromatic heterocycles. The maximum Gasteiger partial charge on any atom is 0.252 e. The predicted octanol–water partition coefficient (Wildman–Crippen LogP) is 6.68. The molecule has 0 bridgehead atoms. The van der Waals surface area contributed by atoms with Gasteiger partial charge in [0.15, 0.2) is 0 Å². The largest absolute Gasteiger partial charge is 0.508 e. The van der Waals surface area contributed by atoms with Crippen LogP contribution in [0, 0.1) is 5.92 Å². The molecule has 45 heavy (non-hydrogen) atoms. The van der Waals surface area contributed by atoms with E-state index in [-0.39, 0.29) is 42.2 Å². The predicted molar refractivity (Wildman–Crippen MR) is 177 cm³/mol. The van der Waals surface area contributed by atoms with Gasteiger partial charge in [-0.3, -0.25) is 19.4 Å². The number of phenolic OH excluding ortho intramolecular Hbond substituents is 1. The Morgan fingerprint density at radius 1 is 0.867 bits per heavy atom. The molecule has 1 unspecified atom stereocenters. The SMILES string of the molecule is CC(=O)N1CCC(C(=O)CC2N=C(c3ccc(O)cc3)c3cc(Cl)ccc3N(Cc3ccc(-c4ccccc4)cc3)C2=O)CC1. The number of rotatable bonds is 7. The Morgan fingerprint density at radius 3 is 2.18 bits per heavy atom. The van der Waals surface area contributed by atoms with Crippen molar-refractivity contribution in [3.8, 4) is 16.9 Å². The number of anilines is 1. The fraction of sp³-hybridized carbons (Fsp3) is 0.243. The van der Waals surface area contributed by atoms with Crippen molar-refractivity contribution in [1.82, 2.24) is 4.90 Å². The molecule has 1 fully saturated rings. The molecule has 0 spiro atoms. The highest BCUT2D eigenvalue weighted by molar-refractivity contribution is 6.32. The minimum atomic E-state index is -0.957. The molecule has 1 N–H and O–H groups in total. The van der Waals surface area contributed by atoms with Gasteiger partial charge in [-0.1, -0.05) is 66.2 Å². The fourth-order valence-corrected chi connectivity index (χ4v) is 6.32. The molecule has 2 heterocycles. The minimum absolute atomic E-state index is 0.00635. The normalized spacial score (nSPS) is 17.0. The molecule has 0 radical (unpaired) electrons. The quantitative estimate of drug-likeness (QED) is 0.250. The number of nitrogens with zero attached hydrogens (tertiary/aromatic N) is 3. The van der Waals surface area contributed by atoms with E-state index in [1.807, 2.05) is 48.5 Å². The molecule has 2 amide bonds. The lowest BCUT2D eigenvalue weighted by Gasteiger charge is -2.31. The van der Waals surface area contributed by atoms with Gasteiger partial charge in [0.2, 0.25) is 5.91 Å². The number of benzodiazepines with no additional fused rings is 1. The van der Waals surface area contributed by atoms with Gasteiger partial charge in [-0.15, -0.1) is 0 Å². The maximum absolute atomic E-state index is 14.4. The standard InChI is InChI=1S/C37H34ClN3O4/c1-24(42)40-19-17-28(18-20-40)35(44)22-33-37(45)41(23-25-7-9-27(10-8-25)26-5-3-2-4-6-26)34-16-13-30(38)21-32(34)36(39-33)29-11-14-31(43)15-12-29/h2-16,21,28,33,43H,17-20,22-23H2,1H3. The van der Waals surface area contributed by atoms with Crippen LogP contribution in [0.2, 0.25) is 5.02 Å². The Bertz CT molecular complexity index is 1750. The second-order valence-electron chi connectivity index (χ2n) is 11.6. The van der Waals surface area contributed by atoms with Crippen molar-refractivity contribution in [3.05, 3.63) is 119 Å². The molecular weight excluding hydrogens is 586 g/mol. The monoisotopic (exact) mass is 619 g/mol. The first kappa shape index (κ1) is 30.3. The van der Waals surface area contributed by atoms with E-state index in [2.05, 4.69) is 12.1 Å². The molecule has 0 aliphatic carbocycles. The highest BCUT2D eigenvalue weighted by Gasteiger charge is 2.36. The number of carbonyl (C=O) groups is 3. The Hall–Kier alpha value is -4.75. The number of benzene rings is 4.